The lowest BCUT2D eigenvalue weighted by Crippen LogP contribution is -2.43. The molecule has 9 heteroatoms. The van der Waals surface area contributed by atoms with Crippen LogP contribution in [-0.2, 0) is 9.59 Å². The van der Waals surface area contributed by atoms with Crippen LogP contribution in [0.2, 0.25) is 0 Å². The number of carbonyl (C=O) groups excluding carboxylic acids is 2. The third kappa shape index (κ3) is 4.90. The van der Waals surface area contributed by atoms with Crippen molar-refractivity contribution in [2.24, 2.45) is 4.99 Å². The van der Waals surface area contributed by atoms with Gasteiger partial charge in [0.2, 0.25) is 11.8 Å². The predicted octanol–water partition coefficient (Wildman–Crippen LogP) is 3.58. The fourth-order valence-electron chi connectivity index (χ4n) is 2.44. The van der Waals surface area contributed by atoms with Gasteiger partial charge >= 0.3 is 5.97 Å². The molecule has 7 nitrogen and oxygen atoms in total. The van der Waals surface area contributed by atoms with Crippen LogP contribution in [0, 0.1) is 3.57 Å². The molecule has 0 saturated carbocycles. The molecule has 1 aliphatic heterocycles. The Morgan fingerprint density at radius 3 is 2.43 bits per heavy atom. The molecule has 1 saturated heterocycles. The van der Waals surface area contributed by atoms with Gasteiger partial charge in [0.1, 0.15) is 5.25 Å². The van der Waals surface area contributed by atoms with E-state index in [0.29, 0.717) is 16.5 Å². The van der Waals surface area contributed by atoms with Crippen LogP contribution in [0.5, 0.6) is 0 Å². The van der Waals surface area contributed by atoms with Crippen molar-refractivity contribution in [1.82, 2.24) is 4.90 Å². The highest BCUT2D eigenvalue weighted by Crippen LogP contribution is 2.29. The first-order valence-corrected chi connectivity index (χ1v) is 10.2. The van der Waals surface area contributed by atoms with Gasteiger partial charge in [-0.2, -0.15) is 0 Å². The summed E-state index contributed by atoms with van der Waals surface area (Å²) in [6.07, 6.45) is 0.0614. The molecule has 1 aliphatic rings. The molecular weight excluding hydrogens is 493 g/mol. The lowest BCUT2D eigenvalue weighted by molar-refractivity contribution is -0.128. The normalized spacial score (nSPS) is 18.2. The number of carboxylic acids is 1. The minimum Gasteiger partial charge on any atom is -0.478 e. The third-order valence-corrected chi connectivity index (χ3v) is 5.97. The molecule has 0 bridgehead atoms. The predicted molar refractivity (Wildman–Crippen MR) is 117 cm³/mol. The Bertz CT molecular complexity index is 945. The quantitative estimate of drug-likeness (QED) is 0.615. The lowest BCUT2D eigenvalue weighted by atomic mass is 10.2. The Morgan fingerprint density at radius 2 is 1.82 bits per heavy atom. The number of aromatic carboxylic acids is 1. The molecule has 2 aromatic carbocycles. The summed E-state index contributed by atoms with van der Waals surface area (Å²) in [5, 5.41) is 11.5. The molecule has 2 N–H and O–H groups in total. The van der Waals surface area contributed by atoms with Crippen molar-refractivity contribution in [3.05, 3.63) is 57.7 Å². The van der Waals surface area contributed by atoms with Crippen LogP contribution >= 0.6 is 34.4 Å². The Kier molecular flexibility index (Phi) is 6.35. The van der Waals surface area contributed by atoms with E-state index in [2.05, 4.69) is 32.9 Å². The van der Waals surface area contributed by atoms with Gasteiger partial charge in [0.05, 0.1) is 11.3 Å². The van der Waals surface area contributed by atoms with Crippen molar-refractivity contribution in [1.29, 1.82) is 0 Å². The van der Waals surface area contributed by atoms with Crippen molar-refractivity contribution >= 4 is 68.7 Å². The van der Waals surface area contributed by atoms with E-state index in [1.54, 1.807) is 7.05 Å². The van der Waals surface area contributed by atoms with Crippen molar-refractivity contribution in [3.63, 3.8) is 0 Å². The molecule has 0 radical (unpaired) electrons. The number of thioether (sulfide) groups is 1. The van der Waals surface area contributed by atoms with Gasteiger partial charge in [-0.15, -0.1) is 0 Å². The number of hydrogen-bond acceptors (Lipinski definition) is 5. The summed E-state index contributed by atoms with van der Waals surface area (Å²) in [4.78, 5) is 41.8. The maximum atomic E-state index is 12.6. The fourth-order valence-corrected chi connectivity index (χ4v) is 3.87. The maximum absolute atomic E-state index is 12.6. The number of nitrogens with one attached hydrogen (secondary N) is 1. The number of aliphatic imine (C=N–C) groups is 1. The summed E-state index contributed by atoms with van der Waals surface area (Å²) in [6.45, 7) is 0. The van der Waals surface area contributed by atoms with Crippen LogP contribution in [0.25, 0.3) is 0 Å². The second kappa shape index (κ2) is 8.74. The van der Waals surface area contributed by atoms with Crippen molar-refractivity contribution in [2.75, 3.05) is 12.4 Å². The average molecular weight is 509 g/mol. The second-order valence-electron chi connectivity index (χ2n) is 6.01. The second-order valence-corrected chi connectivity index (χ2v) is 8.42. The molecule has 28 heavy (non-hydrogen) atoms. The zero-order valence-electron chi connectivity index (χ0n) is 14.8. The van der Waals surface area contributed by atoms with E-state index >= 15 is 0 Å². The number of nitrogens with zero attached hydrogens (tertiary/aromatic N) is 2. The molecule has 2 aromatic rings. The van der Waals surface area contributed by atoms with Gasteiger partial charge in [-0.25, -0.2) is 9.79 Å². The summed E-state index contributed by atoms with van der Waals surface area (Å²) in [6, 6.07) is 13.4. The minimum absolute atomic E-state index is 0.0614. The van der Waals surface area contributed by atoms with Gasteiger partial charge in [-0.3, -0.25) is 14.5 Å². The van der Waals surface area contributed by atoms with Gasteiger partial charge < -0.3 is 10.4 Å². The van der Waals surface area contributed by atoms with E-state index in [9.17, 15) is 14.4 Å². The van der Waals surface area contributed by atoms with Crippen molar-refractivity contribution in [3.8, 4) is 0 Å². The van der Waals surface area contributed by atoms with E-state index in [0.717, 1.165) is 3.57 Å². The van der Waals surface area contributed by atoms with Crippen LogP contribution in [0.15, 0.2) is 53.5 Å². The third-order valence-electron chi connectivity index (χ3n) is 4.01. The molecular formula is C19H16IN3O4S. The molecule has 3 rings (SSSR count). The van der Waals surface area contributed by atoms with Crippen LogP contribution < -0.4 is 5.32 Å². The Hall–Kier alpha value is -2.40. The standard InChI is InChI=1S/C19H16IN3O4S/c1-23-16(24)10-15(28-19(23)22-14-8-4-12(20)5-9-14)17(25)21-13-6-2-11(3-7-13)18(26)27/h2-9,15H,10H2,1H3,(H,21,25)(H,26,27). The monoisotopic (exact) mass is 509 g/mol. The number of benzene rings is 2. The maximum Gasteiger partial charge on any atom is 0.335 e. The van der Waals surface area contributed by atoms with E-state index in [4.69, 9.17) is 5.11 Å². The summed E-state index contributed by atoms with van der Waals surface area (Å²) in [5.74, 6) is -1.56. The summed E-state index contributed by atoms with van der Waals surface area (Å²) >= 11 is 3.42. The van der Waals surface area contributed by atoms with E-state index in [1.165, 1.54) is 40.9 Å². The van der Waals surface area contributed by atoms with Crippen LogP contribution in [0.4, 0.5) is 11.4 Å². The molecule has 0 spiro atoms. The zero-order chi connectivity index (χ0) is 20.3. The Labute approximate surface area is 179 Å². The van der Waals surface area contributed by atoms with Gasteiger partial charge in [-0.05, 0) is 71.1 Å². The molecule has 1 fully saturated rings. The number of carbonyl (C=O) groups is 3. The van der Waals surface area contributed by atoms with E-state index < -0.39 is 11.2 Å². The minimum atomic E-state index is -1.04. The number of rotatable bonds is 4. The molecule has 1 unspecified atom stereocenters. The number of carboxylic acid groups (broad SMARTS) is 1. The number of hydrogen-bond donors (Lipinski definition) is 2. The van der Waals surface area contributed by atoms with Crippen molar-refractivity contribution < 1.29 is 19.5 Å². The number of anilines is 1. The highest BCUT2D eigenvalue weighted by atomic mass is 127. The lowest BCUT2D eigenvalue weighted by Gasteiger charge is -2.28. The molecule has 1 atom stereocenters. The molecule has 1 heterocycles. The highest BCUT2D eigenvalue weighted by Gasteiger charge is 2.34. The molecule has 0 aliphatic carbocycles. The van der Waals surface area contributed by atoms with Crippen LogP contribution in [0.3, 0.4) is 0 Å². The SMILES string of the molecule is CN1C(=O)CC(C(=O)Nc2ccc(C(=O)O)cc2)SC1=Nc1ccc(I)cc1. The van der Waals surface area contributed by atoms with Gasteiger partial charge in [0.25, 0.3) is 0 Å². The number of halogens is 1. The largest absolute Gasteiger partial charge is 0.478 e. The Morgan fingerprint density at radius 1 is 1.18 bits per heavy atom. The van der Waals surface area contributed by atoms with Gasteiger partial charge in [0, 0.05) is 22.7 Å². The first-order valence-electron chi connectivity index (χ1n) is 8.25. The summed E-state index contributed by atoms with van der Waals surface area (Å²) in [7, 11) is 1.64. The van der Waals surface area contributed by atoms with Crippen LogP contribution in [-0.4, -0.2) is 45.3 Å². The summed E-state index contributed by atoms with van der Waals surface area (Å²) < 4.78 is 1.08. The van der Waals surface area contributed by atoms with Gasteiger partial charge in [0.15, 0.2) is 5.17 Å². The average Bonchev–Trinajstić information content (AvgIpc) is 2.67. The smallest absolute Gasteiger partial charge is 0.335 e. The fraction of sp³-hybridized carbons (Fsp3) is 0.158. The molecule has 2 amide bonds. The first-order chi connectivity index (χ1) is 13.3. The molecule has 144 valence electrons. The molecule has 0 aromatic heterocycles. The van der Waals surface area contributed by atoms with Crippen LogP contribution in [0.1, 0.15) is 16.8 Å². The zero-order valence-corrected chi connectivity index (χ0v) is 17.7. The number of amides is 2. The topological polar surface area (TPSA) is 99.1 Å². The highest BCUT2D eigenvalue weighted by molar-refractivity contribution is 14.1. The first kappa shape index (κ1) is 20.3. The summed E-state index contributed by atoms with van der Waals surface area (Å²) in [5.41, 5.74) is 1.31. The Balaban J connectivity index is 1.74. The number of amidine groups is 1. The van der Waals surface area contributed by atoms with E-state index in [1.807, 2.05) is 24.3 Å². The van der Waals surface area contributed by atoms with Crippen molar-refractivity contribution in [2.45, 2.75) is 11.7 Å². The van der Waals surface area contributed by atoms with Gasteiger partial charge in [-0.1, -0.05) is 11.8 Å². The van der Waals surface area contributed by atoms with E-state index in [-0.39, 0.29) is 23.8 Å².